The van der Waals surface area contributed by atoms with Crippen molar-refractivity contribution in [2.45, 2.75) is 45.8 Å². The van der Waals surface area contributed by atoms with Crippen LogP contribution in [0.3, 0.4) is 0 Å². The maximum Gasteiger partial charge on any atom is 0.191 e. The number of aliphatic imine (C=N–C) groups is 1. The molecule has 0 aliphatic rings. The number of nitrogens with zero attached hydrogens (tertiary/aromatic N) is 1. The van der Waals surface area contributed by atoms with E-state index >= 15 is 0 Å². The van der Waals surface area contributed by atoms with E-state index in [0.29, 0.717) is 12.6 Å². The molecule has 2 aromatic rings. The average Bonchev–Trinajstić information content (AvgIpc) is 3.16. The van der Waals surface area contributed by atoms with Crippen molar-refractivity contribution >= 4 is 5.96 Å². The van der Waals surface area contributed by atoms with E-state index in [1.165, 1.54) is 5.56 Å². The average molecular weight is 357 g/mol. The fourth-order valence-electron chi connectivity index (χ4n) is 2.44. The molecule has 0 atom stereocenters. The fourth-order valence-corrected chi connectivity index (χ4v) is 2.44. The van der Waals surface area contributed by atoms with Crippen molar-refractivity contribution in [3.05, 3.63) is 60.1 Å². The van der Waals surface area contributed by atoms with E-state index in [1.54, 1.807) is 6.26 Å². The number of benzene rings is 1. The maximum absolute atomic E-state index is 5.58. The lowest BCUT2D eigenvalue weighted by atomic mass is 10.2. The molecule has 26 heavy (non-hydrogen) atoms. The summed E-state index contributed by atoms with van der Waals surface area (Å²) in [6, 6.07) is 14.2. The minimum absolute atomic E-state index is 0.300. The van der Waals surface area contributed by atoms with Crippen LogP contribution in [0.2, 0.25) is 0 Å². The quantitative estimate of drug-likeness (QED) is 0.365. The number of unbranched alkanes of at least 4 members (excludes halogenated alkanes) is 1. The minimum Gasteiger partial charge on any atom is -0.469 e. The van der Waals surface area contributed by atoms with Gasteiger partial charge in [0.05, 0.1) is 18.9 Å². The lowest BCUT2D eigenvalue weighted by molar-refractivity contribution is 0.0762. The smallest absolute Gasteiger partial charge is 0.191 e. The second-order valence-corrected chi connectivity index (χ2v) is 6.46. The van der Waals surface area contributed by atoms with Crippen LogP contribution < -0.4 is 10.6 Å². The molecule has 0 saturated heterocycles. The third kappa shape index (κ3) is 8.72. The van der Waals surface area contributed by atoms with E-state index in [-0.39, 0.29) is 0 Å². The van der Waals surface area contributed by atoms with Crippen LogP contribution in [0.4, 0.5) is 0 Å². The van der Waals surface area contributed by atoms with Gasteiger partial charge in [0.15, 0.2) is 5.96 Å². The predicted molar refractivity (Wildman–Crippen MR) is 106 cm³/mol. The van der Waals surface area contributed by atoms with E-state index in [0.717, 1.165) is 50.7 Å². The zero-order chi connectivity index (χ0) is 18.5. The number of ether oxygens (including phenoxy) is 1. The van der Waals surface area contributed by atoms with Gasteiger partial charge in [0, 0.05) is 26.1 Å². The molecule has 0 radical (unpaired) electrons. The van der Waals surface area contributed by atoms with Gasteiger partial charge in [0.2, 0.25) is 0 Å². The molecule has 2 rings (SSSR count). The predicted octanol–water partition coefficient (Wildman–Crippen LogP) is 3.76. The molecule has 5 nitrogen and oxygen atoms in total. The summed E-state index contributed by atoms with van der Waals surface area (Å²) < 4.78 is 11.0. The van der Waals surface area contributed by atoms with Crippen molar-refractivity contribution < 1.29 is 9.15 Å². The Balaban J connectivity index is 1.75. The molecule has 2 N–H and O–H groups in total. The largest absolute Gasteiger partial charge is 0.469 e. The lowest BCUT2D eigenvalue weighted by Gasteiger charge is -2.13. The van der Waals surface area contributed by atoms with Crippen LogP contribution in [0.1, 0.15) is 38.0 Å². The summed E-state index contributed by atoms with van der Waals surface area (Å²) in [5.74, 6) is 1.82. The lowest BCUT2D eigenvalue weighted by Crippen LogP contribution is -2.39. The maximum atomic E-state index is 5.58. The molecule has 0 aliphatic heterocycles. The van der Waals surface area contributed by atoms with Crippen molar-refractivity contribution in [2.75, 3.05) is 19.7 Å². The highest BCUT2D eigenvalue weighted by atomic mass is 16.5. The third-order valence-corrected chi connectivity index (χ3v) is 3.82. The van der Waals surface area contributed by atoms with E-state index in [4.69, 9.17) is 14.1 Å². The van der Waals surface area contributed by atoms with Gasteiger partial charge in [-0.1, -0.05) is 30.3 Å². The topological polar surface area (TPSA) is 58.8 Å². The first-order chi connectivity index (χ1) is 12.7. The first-order valence-corrected chi connectivity index (χ1v) is 9.44. The van der Waals surface area contributed by atoms with Crippen molar-refractivity contribution in [1.29, 1.82) is 0 Å². The Morgan fingerprint density at radius 2 is 1.85 bits per heavy atom. The molecule has 0 fully saturated rings. The summed E-state index contributed by atoms with van der Waals surface area (Å²) in [5, 5.41) is 6.80. The number of nitrogens with one attached hydrogen (secondary N) is 2. The third-order valence-electron chi connectivity index (χ3n) is 3.82. The summed E-state index contributed by atoms with van der Waals surface area (Å²) in [6.45, 7) is 7.26. The molecule has 0 bridgehead atoms. The van der Waals surface area contributed by atoms with Crippen LogP contribution in [-0.2, 0) is 17.7 Å². The van der Waals surface area contributed by atoms with Crippen LogP contribution in [0.5, 0.6) is 0 Å². The SMILES string of the molecule is CC(C)OCCCCNC(=NCc1ccccc1)NCCc1ccco1. The van der Waals surface area contributed by atoms with Gasteiger partial charge >= 0.3 is 0 Å². The van der Waals surface area contributed by atoms with Gasteiger partial charge in [0.25, 0.3) is 0 Å². The van der Waals surface area contributed by atoms with Gasteiger partial charge < -0.3 is 19.8 Å². The summed E-state index contributed by atoms with van der Waals surface area (Å²) in [7, 11) is 0. The summed E-state index contributed by atoms with van der Waals surface area (Å²) >= 11 is 0. The van der Waals surface area contributed by atoms with E-state index < -0.39 is 0 Å². The molecule has 1 aromatic heterocycles. The molecule has 142 valence electrons. The van der Waals surface area contributed by atoms with Crippen LogP contribution in [0.15, 0.2) is 58.1 Å². The molecule has 0 unspecified atom stereocenters. The summed E-state index contributed by atoms with van der Waals surface area (Å²) in [6.07, 6.45) is 4.94. The van der Waals surface area contributed by atoms with Gasteiger partial charge in [0.1, 0.15) is 5.76 Å². The number of hydrogen-bond donors (Lipinski definition) is 2. The monoisotopic (exact) mass is 357 g/mol. The highest BCUT2D eigenvalue weighted by Gasteiger charge is 2.01. The van der Waals surface area contributed by atoms with Gasteiger partial charge in [-0.05, 0) is 44.4 Å². The molecule has 0 saturated carbocycles. The number of rotatable bonds is 11. The molecular formula is C21H31N3O2. The molecule has 0 spiro atoms. The first-order valence-electron chi connectivity index (χ1n) is 9.44. The summed E-state index contributed by atoms with van der Waals surface area (Å²) in [4.78, 5) is 4.69. The second kappa shape index (κ2) is 12.1. The van der Waals surface area contributed by atoms with Crippen LogP contribution in [0, 0.1) is 0 Å². The Kier molecular flexibility index (Phi) is 9.36. The van der Waals surface area contributed by atoms with Gasteiger partial charge in [-0.25, -0.2) is 4.99 Å². The second-order valence-electron chi connectivity index (χ2n) is 6.46. The Labute approximate surface area is 156 Å². The molecule has 5 heteroatoms. The molecule has 1 aromatic carbocycles. The van der Waals surface area contributed by atoms with Crippen molar-refractivity contribution in [2.24, 2.45) is 4.99 Å². The van der Waals surface area contributed by atoms with E-state index in [2.05, 4.69) is 36.6 Å². The number of furan rings is 1. The first kappa shape index (κ1) is 20.0. The Bertz CT molecular complexity index is 609. The van der Waals surface area contributed by atoms with Gasteiger partial charge in [-0.2, -0.15) is 0 Å². The summed E-state index contributed by atoms with van der Waals surface area (Å²) in [5.41, 5.74) is 1.20. The Hall–Kier alpha value is -2.27. The minimum atomic E-state index is 0.300. The van der Waals surface area contributed by atoms with Crippen LogP contribution in [0.25, 0.3) is 0 Å². The Morgan fingerprint density at radius 1 is 1.04 bits per heavy atom. The zero-order valence-electron chi connectivity index (χ0n) is 15.9. The zero-order valence-corrected chi connectivity index (χ0v) is 15.9. The molecule has 0 aliphatic carbocycles. The van der Waals surface area contributed by atoms with Crippen molar-refractivity contribution in [3.8, 4) is 0 Å². The van der Waals surface area contributed by atoms with E-state index in [1.807, 2.05) is 30.3 Å². The van der Waals surface area contributed by atoms with Crippen LogP contribution in [-0.4, -0.2) is 31.8 Å². The highest BCUT2D eigenvalue weighted by molar-refractivity contribution is 5.79. The molecular weight excluding hydrogens is 326 g/mol. The van der Waals surface area contributed by atoms with Crippen molar-refractivity contribution in [3.63, 3.8) is 0 Å². The number of hydrogen-bond acceptors (Lipinski definition) is 3. The van der Waals surface area contributed by atoms with E-state index in [9.17, 15) is 0 Å². The fraction of sp³-hybridized carbons (Fsp3) is 0.476. The highest BCUT2D eigenvalue weighted by Crippen LogP contribution is 2.01. The number of guanidine groups is 1. The van der Waals surface area contributed by atoms with Crippen molar-refractivity contribution in [1.82, 2.24) is 10.6 Å². The van der Waals surface area contributed by atoms with Gasteiger partial charge in [-0.15, -0.1) is 0 Å². The molecule has 1 heterocycles. The Morgan fingerprint density at radius 3 is 2.58 bits per heavy atom. The molecule has 0 amide bonds. The standard InChI is InChI=1S/C21H31N3O2/c1-18(2)25-15-7-6-13-22-21(23-14-12-20-11-8-16-26-20)24-17-19-9-4-3-5-10-19/h3-5,8-11,16,18H,6-7,12-15,17H2,1-2H3,(H2,22,23,24). The normalized spacial score (nSPS) is 11.7. The van der Waals surface area contributed by atoms with Crippen LogP contribution >= 0.6 is 0 Å². The van der Waals surface area contributed by atoms with Gasteiger partial charge in [-0.3, -0.25) is 0 Å².